The molecule has 9 heteroatoms. The Morgan fingerprint density at radius 2 is 1.88 bits per heavy atom. The van der Waals surface area contributed by atoms with Crippen molar-refractivity contribution in [2.75, 3.05) is 25.6 Å². The molecule has 0 unspecified atom stereocenters. The molecule has 0 aliphatic heterocycles. The lowest BCUT2D eigenvalue weighted by molar-refractivity contribution is -0.402. The SMILES string of the molecule is CN(C)c1ccc(CNC(=O)COC(=O)c2ccc([N+](=O)[O-])o2)cc1. The van der Waals surface area contributed by atoms with Crippen LogP contribution in [0.2, 0.25) is 0 Å². The smallest absolute Gasteiger partial charge is 0.433 e. The van der Waals surface area contributed by atoms with Gasteiger partial charge in [0.1, 0.15) is 4.92 Å². The number of nitrogens with zero attached hydrogens (tertiary/aromatic N) is 2. The zero-order chi connectivity index (χ0) is 18.4. The maximum atomic E-state index is 11.7. The number of amides is 1. The van der Waals surface area contributed by atoms with Gasteiger partial charge in [0.2, 0.25) is 5.76 Å². The number of benzene rings is 1. The summed E-state index contributed by atoms with van der Waals surface area (Å²) < 4.78 is 9.44. The van der Waals surface area contributed by atoms with Crippen LogP contribution in [0, 0.1) is 10.1 Å². The van der Waals surface area contributed by atoms with Gasteiger partial charge in [0, 0.05) is 26.3 Å². The normalized spacial score (nSPS) is 10.2. The Kier molecular flexibility index (Phi) is 5.72. The Labute approximate surface area is 143 Å². The molecule has 1 aromatic carbocycles. The van der Waals surface area contributed by atoms with E-state index >= 15 is 0 Å². The first-order valence-corrected chi connectivity index (χ1v) is 7.31. The highest BCUT2D eigenvalue weighted by Gasteiger charge is 2.19. The minimum Gasteiger partial charge on any atom is -0.450 e. The van der Waals surface area contributed by atoms with E-state index < -0.39 is 29.3 Å². The fourth-order valence-corrected chi connectivity index (χ4v) is 1.90. The van der Waals surface area contributed by atoms with Crippen LogP contribution in [-0.4, -0.2) is 37.5 Å². The first kappa shape index (κ1) is 18.0. The number of nitrogens with one attached hydrogen (secondary N) is 1. The molecule has 0 atom stereocenters. The summed E-state index contributed by atoms with van der Waals surface area (Å²) in [6, 6.07) is 9.75. The zero-order valence-corrected chi connectivity index (χ0v) is 13.7. The molecule has 0 aliphatic rings. The lowest BCUT2D eigenvalue weighted by Crippen LogP contribution is -2.28. The first-order chi connectivity index (χ1) is 11.9. The number of carbonyl (C=O) groups excluding carboxylic acids is 2. The third kappa shape index (κ3) is 5.06. The van der Waals surface area contributed by atoms with Crippen LogP contribution >= 0.6 is 0 Å². The second-order valence-electron chi connectivity index (χ2n) is 5.31. The number of nitro groups is 1. The molecule has 1 aromatic heterocycles. The van der Waals surface area contributed by atoms with Crippen LogP contribution in [0.4, 0.5) is 11.6 Å². The van der Waals surface area contributed by atoms with E-state index in [4.69, 9.17) is 4.74 Å². The molecule has 25 heavy (non-hydrogen) atoms. The number of hydrogen-bond donors (Lipinski definition) is 1. The van der Waals surface area contributed by atoms with Gasteiger partial charge in [-0.1, -0.05) is 12.1 Å². The Morgan fingerprint density at radius 3 is 2.44 bits per heavy atom. The minimum atomic E-state index is -0.946. The van der Waals surface area contributed by atoms with Gasteiger partial charge in [-0.25, -0.2) is 4.79 Å². The molecule has 132 valence electrons. The van der Waals surface area contributed by atoms with Crippen molar-refractivity contribution in [3.63, 3.8) is 0 Å². The molecule has 0 aliphatic carbocycles. The van der Waals surface area contributed by atoms with Crippen molar-refractivity contribution in [3.8, 4) is 0 Å². The maximum Gasteiger partial charge on any atom is 0.433 e. The summed E-state index contributed by atoms with van der Waals surface area (Å²) in [6.07, 6.45) is 0. The van der Waals surface area contributed by atoms with Crippen LogP contribution in [0.1, 0.15) is 16.1 Å². The summed E-state index contributed by atoms with van der Waals surface area (Å²) >= 11 is 0. The van der Waals surface area contributed by atoms with Crippen molar-refractivity contribution >= 4 is 23.4 Å². The molecule has 0 fully saturated rings. The van der Waals surface area contributed by atoms with Crippen LogP contribution in [0.25, 0.3) is 0 Å². The number of esters is 1. The molecule has 0 bridgehead atoms. The lowest BCUT2D eigenvalue weighted by atomic mass is 10.2. The van der Waals surface area contributed by atoms with E-state index in [-0.39, 0.29) is 12.3 Å². The van der Waals surface area contributed by atoms with Gasteiger partial charge in [-0.2, -0.15) is 0 Å². The average Bonchev–Trinajstić information content (AvgIpc) is 3.08. The van der Waals surface area contributed by atoms with Crippen molar-refractivity contribution in [1.82, 2.24) is 5.32 Å². The first-order valence-electron chi connectivity index (χ1n) is 7.31. The van der Waals surface area contributed by atoms with Crippen LogP contribution < -0.4 is 10.2 Å². The highest BCUT2D eigenvalue weighted by Crippen LogP contribution is 2.16. The number of carbonyl (C=O) groups is 2. The Balaban J connectivity index is 1.78. The number of rotatable bonds is 7. The standard InChI is InChI=1S/C16H17N3O6/c1-18(2)12-5-3-11(4-6-12)9-17-14(20)10-24-16(21)13-7-8-15(25-13)19(22)23/h3-8H,9-10H2,1-2H3,(H,17,20). The number of anilines is 1. The van der Waals surface area contributed by atoms with Crippen LogP contribution in [0.5, 0.6) is 0 Å². The molecule has 1 amide bonds. The van der Waals surface area contributed by atoms with Gasteiger partial charge in [0.05, 0.1) is 6.07 Å². The largest absolute Gasteiger partial charge is 0.450 e. The van der Waals surface area contributed by atoms with Crippen LogP contribution in [0.3, 0.4) is 0 Å². The molecule has 9 nitrogen and oxygen atoms in total. The van der Waals surface area contributed by atoms with Crippen molar-refractivity contribution < 1.29 is 23.7 Å². The van der Waals surface area contributed by atoms with E-state index in [9.17, 15) is 19.7 Å². The van der Waals surface area contributed by atoms with Gasteiger partial charge < -0.3 is 19.4 Å². The molecule has 0 saturated carbocycles. The van der Waals surface area contributed by atoms with E-state index in [1.807, 2.05) is 43.3 Å². The molecular weight excluding hydrogens is 330 g/mol. The molecular formula is C16H17N3O6. The number of ether oxygens (including phenoxy) is 1. The summed E-state index contributed by atoms with van der Waals surface area (Å²) in [4.78, 5) is 35.0. The van der Waals surface area contributed by atoms with Crippen molar-refractivity contribution in [2.45, 2.75) is 6.54 Å². The summed E-state index contributed by atoms with van der Waals surface area (Å²) in [5, 5.41) is 13.1. The van der Waals surface area contributed by atoms with Gasteiger partial charge in [0.25, 0.3) is 5.91 Å². The molecule has 1 N–H and O–H groups in total. The van der Waals surface area contributed by atoms with E-state index in [1.165, 1.54) is 0 Å². The number of hydrogen-bond acceptors (Lipinski definition) is 7. The van der Waals surface area contributed by atoms with E-state index in [0.29, 0.717) is 0 Å². The fourth-order valence-electron chi connectivity index (χ4n) is 1.90. The van der Waals surface area contributed by atoms with Crippen LogP contribution in [0.15, 0.2) is 40.8 Å². The molecule has 1 heterocycles. The minimum absolute atomic E-state index is 0.288. The molecule has 2 rings (SSSR count). The van der Waals surface area contributed by atoms with E-state index in [2.05, 4.69) is 9.73 Å². The van der Waals surface area contributed by atoms with E-state index in [1.54, 1.807) is 0 Å². The highest BCUT2D eigenvalue weighted by atomic mass is 16.7. The van der Waals surface area contributed by atoms with E-state index in [0.717, 1.165) is 23.4 Å². The lowest BCUT2D eigenvalue weighted by Gasteiger charge is -2.12. The van der Waals surface area contributed by atoms with Crippen molar-refractivity contribution in [1.29, 1.82) is 0 Å². The molecule has 2 aromatic rings. The van der Waals surface area contributed by atoms with Gasteiger partial charge in [-0.15, -0.1) is 0 Å². The van der Waals surface area contributed by atoms with Crippen molar-refractivity contribution in [2.24, 2.45) is 0 Å². The zero-order valence-electron chi connectivity index (χ0n) is 13.7. The van der Waals surface area contributed by atoms with Gasteiger partial charge in [-0.05, 0) is 23.8 Å². The quantitative estimate of drug-likeness (QED) is 0.461. The summed E-state index contributed by atoms with van der Waals surface area (Å²) in [7, 11) is 3.86. The third-order valence-corrected chi connectivity index (χ3v) is 3.25. The second-order valence-corrected chi connectivity index (χ2v) is 5.31. The Bertz CT molecular complexity index is 766. The Hall–Kier alpha value is -3.36. The third-order valence-electron chi connectivity index (χ3n) is 3.25. The predicted octanol–water partition coefficient (Wildman–Crippen LogP) is 1.73. The second kappa shape index (κ2) is 7.95. The molecule has 0 radical (unpaired) electrons. The highest BCUT2D eigenvalue weighted by molar-refractivity contribution is 5.89. The van der Waals surface area contributed by atoms with Gasteiger partial charge in [-0.3, -0.25) is 14.9 Å². The Morgan fingerprint density at radius 1 is 1.20 bits per heavy atom. The monoisotopic (exact) mass is 347 g/mol. The topological polar surface area (TPSA) is 115 Å². The van der Waals surface area contributed by atoms with Crippen LogP contribution in [-0.2, 0) is 16.1 Å². The maximum absolute atomic E-state index is 11.7. The summed E-state index contributed by atoms with van der Waals surface area (Å²) in [6.45, 7) is -0.223. The predicted molar refractivity (Wildman–Crippen MR) is 88.3 cm³/mol. The van der Waals surface area contributed by atoms with Crippen molar-refractivity contribution in [3.05, 3.63) is 57.8 Å². The van der Waals surface area contributed by atoms with Gasteiger partial charge >= 0.3 is 11.9 Å². The summed E-state index contributed by atoms with van der Waals surface area (Å²) in [5.74, 6) is -2.35. The fraction of sp³-hybridized carbons (Fsp3) is 0.250. The van der Waals surface area contributed by atoms with Gasteiger partial charge in [0.15, 0.2) is 6.61 Å². The molecule has 0 saturated heterocycles. The number of furan rings is 1. The molecule has 0 spiro atoms. The average molecular weight is 347 g/mol. The summed E-state index contributed by atoms with van der Waals surface area (Å²) in [5.41, 5.74) is 1.93.